The molecule has 1 heterocycles. The quantitative estimate of drug-likeness (QED) is 0.165. The summed E-state index contributed by atoms with van der Waals surface area (Å²) in [6, 6.07) is 5.63. The molecule has 0 radical (unpaired) electrons. The lowest BCUT2D eigenvalue weighted by molar-refractivity contribution is -0.131. The molecule has 0 saturated carbocycles. The summed E-state index contributed by atoms with van der Waals surface area (Å²) in [7, 11) is 0. The Hall–Kier alpha value is -4.26. The van der Waals surface area contributed by atoms with E-state index in [1.165, 1.54) is 12.3 Å². The minimum atomic E-state index is -0.916. The average Bonchev–Trinajstić information content (AvgIpc) is 2.95. The molecule has 0 aliphatic rings. The summed E-state index contributed by atoms with van der Waals surface area (Å²) in [6.45, 7) is 10.5. The van der Waals surface area contributed by atoms with Crippen LogP contribution >= 0.6 is 0 Å². The summed E-state index contributed by atoms with van der Waals surface area (Å²) in [5, 5.41) is 23.0. The molecular formula is C28H41N7O5. The number of hydrogen-bond donors (Lipinski definition) is 7. The maximum Gasteiger partial charge on any atom is 0.243 e. The van der Waals surface area contributed by atoms with E-state index in [0.29, 0.717) is 37.6 Å². The van der Waals surface area contributed by atoms with Crippen LogP contribution in [0.5, 0.6) is 11.5 Å². The van der Waals surface area contributed by atoms with Crippen molar-refractivity contribution in [3.8, 4) is 11.5 Å². The molecule has 0 fully saturated rings. The van der Waals surface area contributed by atoms with Crippen LogP contribution in [-0.4, -0.2) is 76.6 Å². The molecule has 12 heteroatoms. The monoisotopic (exact) mass is 555 g/mol. The van der Waals surface area contributed by atoms with Gasteiger partial charge in [-0.25, -0.2) is 0 Å². The molecule has 1 atom stereocenters. The van der Waals surface area contributed by atoms with Crippen molar-refractivity contribution in [1.29, 1.82) is 0 Å². The summed E-state index contributed by atoms with van der Waals surface area (Å²) < 4.78 is 0. The SMILES string of the molecule is C=Cc1cc(NC(=O)CNC(=O)C(N)CCC(=O)N(CCN)CCN)cnc1C=C.CCc1ccc(O)c(O)c1. The Bertz CT molecular complexity index is 1150. The number of anilines is 1. The highest BCUT2D eigenvalue weighted by Gasteiger charge is 2.18. The summed E-state index contributed by atoms with van der Waals surface area (Å²) in [6.07, 6.45) is 5.77. The molecule has 1 aromatic heterocycles. The van der Waals surface area contributed by atoms with Crippen molar-refractivity contribution in [3.63, 3.8) is 0 Å². The van der Waals surface area contributed by atoms with Crippen LogP contribution in [0.15, 0.2) is 43.6 Å². The van der Waals surface area contributed by atoms with E-state index in [1.54, 1.807) is 35.3 Å². The molecule has 0 saturated heterocycles. The van der Waals surface area contributed by atoms with Gasteiger partial charge in [0.25, 0.3) is 0 Å². The zero-order valence-corrected chi connectivity index (χ0v) is 22.9. The third-order valence-corrected chi connectivity index (χ3v) is 5.67. The third-order valence-electron chi connectivity index (χ3n) is 5.67. The van der Waals surface area contributed by atoms with Gasteiger partial charge in [-0.15, -0.1) is 0 Å². The van der Waals surface area contributed by atoms with E-state index in [2.05, 4.69) is 28.8 Å². The van der Waals surface area contributed by atoms with E-state index < -0.39 is 17.9 Å². The lowest BCUT2D eigenvalue weighted by atomic mass is 10.1. The minimum absolute atomic E-state index is 0.0423. The number of nitrogens with zero attached hydrogens (tertiary/aromatic N) is 2. The van der Waals surface area contributed by atoms with Crippen LogP contribution in [-0.2, 0) is 20.8 Å². The first kappa shape index (κ1) is 33.8. The molecule has 1 unspecified atom stereocenters. The molecule has 1 aromatic carbocycles. The van der Waals surface area contributed by atoms with Crippen LogP contribution in [0.2, 0.25) is 0 Å². The van der Waals surface area contributed by atoms with Gasteiger partial charge >= 0.3 is 0 Å². The number of amides is 3. The number of carbonyl (C=O) groups is 3. The first-order chi connectivity index (χ1) is 19.1. The second-order valence-corrected chi connectivity index (χ2v) is 8.65. The fraction of sp³-hybridized carbons (Fsp3) is 0.357. The van der Waals surface area contributed by atoms with Crippen molar-refractivity contribution >= 4 is 35.6 Å². The van der Waals surface area contributed by atoms with Crippen molar-refractivity contribution in [3.05, 3.63) is 60.4 Å². The van der Waals surface area contributed by atoms with E-state index in [0.717, 1.165) is 17.5 Å². The van der Waals surface area contributed by atoms with E-state index in [1.807, 2.05) is 6.92 Å². The number of rotatable bonds is 14. The number of aromatic hydroxyl groups is 2. The predicted molar refractivity (Wildman–Crippen MR) is 157 cm³/mol. The molecule has 12 nitrogen and oxygen atoms in total. The number of pyridine rings is 1. The molecule has 218 valence electrons. The number of carbonyl (C=O) groups excluding carboxylic acids is 3. The Labute approximate surface area is 234 Å². The number of aromatic nitrogens is 1. The Morgan fingerprint density at radius 2 is 1.75 bits per heavy atom. The second-order valence-electron chi connectivity index (χ2n) is 8.65. The second kappa shape index (κ2) is 18.1. The first-order valence-electron chi connectivity index (χ1n) is 12.9. The molecule has 0 bridgehead atoms. The lowest BCUT2D eigenvalue weighted by Crippen LogP contribution is -2.45. The van der Waals surface area contributed by atoms with Crippen LogP contribution < -0.4 is 27.8 Å². The van der Waals surface area contributed by atoms with Gasteiger partial charge in [-0.3, -0.25) is 19.4 Å². The lowest BCUT2D eigenvalue weighted by Gasteiger charge is -2.22. The van der Waals surface area contributed by atoms with Crippen LogP contribution in [0.4, 0.5) is 5.69 Å². The fourth-order valence-electron chi connectivity index (χ4n) is 3.43. The number of benzene rings is 1. The maximum atomic E-state index is 12.2. The Morgan fingerprint density at radius 3 is 2.30 bits per heavy atom. The Kier molecular flexibility index (Phi) is 15.3. The standard InChI is InChI=1S/C20H31N7O3.C8H10O2/c1-3-14-11-15(12-24-17(14)4-2)26-18(28)13-25-20(30)16(23)5-6-19(29)27(9-7-21)10-8-22;1-2-6-3-4-7(9)8(10)5-6/h3-4,11-12,16H,1-2,5-10,13,21-23H2,(H,25,30)(H,26,28);3-5,9-10H,2H2,1H3. The van der Waals surface area contributed by atoms with Crippen molar-refractivity contribution in [2.45, 2.75) is 32.2 Å². The first-order valence-corrected chi connectivity index (χ1v) is 12.9. The Morgan fingerprint density at radius 1 is 1.07 bits per heavy atom. The van der Waals surface area contributed by atoms with E-state index in [4.69, 9.17) is 27.4 Å². The molecule has 3 amide bonds. The molecule has 0 spiro atoms. The van der Waals surface area contributed by atoms with Crippen molar-refractivity contribution in [2.75, 3.05) is 38.0 Å². The largest absolute Gasteiger partial charge is 0.504 e. The highest BCUT2D eigenvalue weighted by atomic mass is 16.3. The van der Waals surface area contributed by atoms with Gasteiger partial charge in [-0.05, 0) is 42.7 Å². The number of aryl methyl sites for hydroxylation is 1. The fourth-order valence-corrected chi connectivity index (χ4v) is 3.43. The van der Waals surface area contributed by atoms with Crippen molar-refractivity contribution in [2.24, 2.45) is 17.2 Å². The van der Waals surface area contributed by atoms with Crippen LogP contribution in [0.3, 0.4) is 0 Å². The van der Waals surface area contributed by atoms with Crippen molar-refractivity contribution < 1.29 is 24.6 Å². The number of nitrogens with two attached hydrogens (primary N) is 3. The smallest absolute Gasteiger partial charge is 0.243 e. The number of hydrogen-bond acceptors (Lipinski definition) is 9. The molecule has 0 aliphatic heterocycles. The summed E-state index contributed by atoms with van der Waals surface area (Å²) in [4.78, 5) is 42.0. The van der Waals surface area contributed by atoms with Gasteiger partial charge in [-0.1, -0.05) is 32.2 Å². The molecule has 40 heavy (non-hydrogen) atoms. The van der Waals surface area contributed by atoms with E-state index >= 15 is 0 Å². The normalized spacial score (nSPS) is 10.9. The van der Waals surface area contributed by atoms with Gasteiger partial charge in [0, 0.05) is 38.2 Å². The highest BCUT2D eigenvalue weighted by molar-refractivity contribution is 5.95. The number of nitrogens with one attached hydrogen (secondary N) is 2. The topological polar surface area (TPSA) is 210 Å². The molecule has 2 aromatic rings. The molecule has 2 rings (SSSR count). The van der Waals surface area contributed by atoms with Crippen LogP contribution in [0, 0.1) is 0 Å². The number of phenols is 2. The van der Waals surface area contributed by atoms with Gasteiger partial charge in [0.05, 0.1) is 30.2 Å². The van der Waals surface area contributed by atoms with Gasteiger partial charge in [0.15, 0.2) is 11.5 Å². The van der Waals surface area contributed by atoms with Crippen LogP contribution in [0.25, 0.3) is 12.2 Å². The Balaban J connectivity index is 0.000000667. The summed E-state index contributed by atoms with van der Waals surface area (Å²) >= 11 is 0. The summed E-state index contributed by atoms with van der Waals surface area (Å²) in [5.41, 5.74) is 19.6. The van der Waals surface area contributed by atoms with Gasteiger partial charge in [0.1, 0.15) is 0 Å². The predicted octanol–water partition coefficient (Wildman–Crippen LogP) is 0.936. The van der Waals surface area contributed by atoms with Crippen molar-refractivity contribution in [1.82, 2.24) is 15.2 Å². The highest BCUT2D eigenvalue weighted by Crippen LogP contribution is 2.24. The van der Waals surface area contributed by atoms with E-state index in [-0.39, 0.29) is 36.8 Å². The third kappa shape index (κ3) is 11.6. The average molecular weight is 556 g/mol. The zero-order valence-electron chi connectivity index (χ0n) is 22.9. The zero-order chi connectivity index (χ0) is 30.1. The van der Waals surface area contributed by atoms with Gasteiger partial charge in [0.2, 0.25) is 17.7 Å². The molecule has 10 N–H and O–H groups in total. The maximum absolute atomic E-state index is 12.2. The molecular weight excluding hydrogens is 514 g/mol. The van der Waals surface area contributed by atoms with E-state index in [9.17, 15) is 14.4 Å². The molecule has 0 aliphatic carbocycles. The number of phenolic OH excluding ortho intramolecular Hbond substituents is 2. The van der Waals surface area contributed by atoms with Gasteiger partial charge < -0.3 is 42.9 Å². The summed E-state index contributed by atoms with van der Waals surface area (Å²) in [5.74, 6) is -1.22. The minimum Gasteiger partial charge on any atom is -0.504 e. The van der Waals surface area contributed by atoms with Gasteiger partial charge in [-0.2, -0.15) is 0 Å². The van der Waals surface area contributed by atoms with Crippen LogP contribution in [0.1, 0.15) is 36.6 Å².